The number of anilines is 1. The standard InChI is InChI=1S/C25H21FN2O3S/c1-31-18-8-6-7-17(15-18)16-27-22-12-5-3-10-20(22)25(24(27)30)28(13-14-32-25)23(29)19-9-2-4-11-21(19)26/h2-12,15H,13-14,16H2,1H3/t25-/m1/s1. The number of halogens is 1. The predicted octanol–water partition coefficient (Wildman–Crippen LogP) is 4.42. The molecule has 5 nitrogen and oxygen atoms in total. The van der Waals surface area contributed by atoms with Crippen LogP contribution < -0.4 is 9.64 Å². The summed E-state index contributed by atoms with van der Waals surface area (Å²) < 4.78 is 19.8. The van der Waals surface area contributed by atoms with E-state index >= 15 is 0 Å². The molecule has 2 heterocycles. The Labute approximate surface area is 189 Å². The highest BCUT2D eigenvalue weighted by Gasteiger charge is 2.59. The smallest absolute Gasteiger partial charge is 0.268 e. The highest BCUT2D eigenvalue weighted by molar-refractivity contribution is 8.01. The molecule has 2 aliphatic rings. The first-order valence-electron chi connectivity index (χ1n) is 10.3. The number of hydrogen-bond acceptors (Lipinski definition) is 4. The molecule has 1 atom stereocenters. The van der Waals surface area contributed by atoms with Crippen LogP contribution in [0.3, 0.4) is 0 Å². The summed E-state index contributed by atoms with van der Waals surface area (Å²) in [4.78, 5) is 29.4. The van der Waals surface area contributed by atoms with Crippen LogP contribution in [0.25, 0.3) is 0 Å². The third-order valence-corrected chi connectivity index (χ3v) is 7.34. The van der Waals surface area contributed by atoms with Gasteiger partial charge >= 0.3 is 0 Å². The molecule has 2 aliphatic heterocycles. The zero-order valence-electron chi connectivity index (χ0n) is 17.5. The van der Waals surface area contributed by atoms with Crippen LogP contribution in [-0.2, 0) is 16.2 Å². The van der Waals surface area contributed by atoms with Crippen molar-refractivity contribution in [3.8, 4) is 5.75 Å². The summed E-state index contributed by atoms with van der Waals surface area (Å²) in [6.45, 7) is 0.710. The minimum atomic E-state index is -1.20. The summed E-state index contributed by atoms with van der Waals surface area (Å²) in [5.41, 5.74) is 2.42. The van der Waals surface area contributed by atoms with Crippen molar-refractivity contribution in [1.82, 2.24) is 4.90 Å². The van der Waals surface area contributed by atoms with Gasteiger partial charge in [-0.25, -0.2) is 4.39 Å². The lowest BCUT2D eigenvalue weighted by Gasteiger charge is -2.33. The Kier molecular flexibility index (Phi) is 5.13. The van der Waals surface area contributed by atoms with E-state index in [1.165, 1.54) is 28.8 Å². The highest BCUT2D eigenvalue weighted by atomic mass is 32.2. The maximum atomic E-state index is 14.4. The molecule has 0 N–H and O–H groups in total. The quantitative estimate of drug-likeness (QED) is 0.593. The van der Waals surface area contributed by atoms with E-state index in [4.69, 9.17) is 4.74 Å². The van der Waals surface area contributed by atoms with Crippen molar-refractivity contribution in [2.75, 3.05) is 24.3 Å². The Morgan fingerprint density at radius 1 is 1.09 bits per heavy atom. The molecule has 0 radical (unpaired) electrons. The number of thioether (sulfide) groups is 1. The van der Waals surface area contributed by atoms with Crippen LogP contribution in [0.15, 0.2) is 72.8 Å². The topological polar surface area (TPSA) is 49.9 Å². The number of amides is 2. The van der Waals surface area contributed by atoms with Gasteiger partial charge in [0.15, 0.2) is 4.87 Å². The molecule has 3 aromatic rings. The minimum Gasteiger partial charge on any atom is -0.497 e. The van der Waals surface area contributed by atoms with Gasteiger partial charge in [-0.15, -0.1) is 11.8 Å². The second-order valence-corrected chi connectivity index (χ2v) is 8.98. The van der Waals surface area contributed by atoms with Crippen molar-refractivity contribution < 1.29 is 18.7 Å². The van der Waals surface area contributed by atoms with Gasteiger partial charge in [-0.2, -0.15) is 0 Å². The molecule has 5 rings (SSSR count). The summed E-state index contributed by atoms with van der Waals surface area (Å²) in [5, 5.41) is 0. The molecule has 7 heteroatoms. The Bertz CT molecular complexity index is 1220. The fourth-order valence-electron chi connectivity index (χ4n) is 4.46. The van der Waals surface area contributed by atoms with Gasteiger partial charge in [0, 0.05) is 17.9 Å². The number of nitrogens with zero attached hydrogens (tertiary/aromatic N) is 2. The van der Waals surface area contributed by atoms with Crippen molar-refractivity contribution in [3.05, 3.63) is 95.3 Å². The van der Waals surface area contributed by atoms with E-state index in [0.29, 0.717) is 24.6 Å². The fourth-order valence-corrected chi connectivity index (χ4v) is 5.92. The minimum absolute atomic E-state index is 0.0223. The average molecular weight is 449 g/mol. The average Bonchev–Trinajstić information content (AvgIpc) is 3.36. The van der Waals surface area contributed by atoms with Crippen LogP contribution in [0.4, 0.5) is 10.1 Å². The third-order valence-electron chi connectivity index (χ3n) is 5.93. The maximum absolute atomic E-state index is 14.4. The summed E-state index contributed by atoms with van der Waals surface area (Å²) in [7, 11) is 1.60. The molecular weight excluding hydrogens is 427 g/mol. The predicted molar refractivity (Wildman–Crippen MR) is 122 cm³/mol. The molecule has 0 aromatic heterocycles. The van der Waals surface area contributed by atoms with E-state index in [-0.39, 0.29) is 11.5 Å². The normalized spacial score (nSPS) is 19.5. The molecular formula is C25H21FN2O3S. The third kappa shape index (κ3) is 3.07. The lowest BCUT2D eigenvalue weighted by molar-refractivity contribution is -0.123. The summed E-state index contributed by atoms with van der Waals surface area (Å²) in [6, 6.07) is 21.0. The van der Waals surface area contributed by atoms with E-state index in [9.17, 15) is 14.0 Å². The van der Waals surface area contributed by atoms with Crippen molar-refractivity contribution in [3.63, 3.8) is 0 Å². The highest BCUT2D eigenvalue weighted by Crippen LogP contribution is 2.54. The number of carbonyl (C=O) groups is 2. The van der Waals surface area contributed by atoms with Crippen molar-refractivity contribution in [1.29, 1.82) is 0 Å². The Hall–Kier alpha value is -3.32. The van der Waals surface area contributed by atoms with E-state index in [1.54, 1.807) is 24.1 Å². The van der Waals surface area contributed by atoms with Crippen LogP contribution in [0, 0.1) is 5.82 Å². The number of carbonyl (C=O) groups excluding carboxylic acids is 2. The zero-order chi connectivity index (χ0) is 22.3. The lowest BCUT2D eigenvalue weighted by Crippen LogP contribution is -2.50. The number of benzene rings is 3. The molecule has 0 bridgehead atoms. The van der Waals surface area contributed by atoms with Gasteiger partial charge in [-0.1, -0.05) is 42.5 Å². The molecule has 2 amide bonds. The lowest BCUT2D eigenvalue weighted by atomic mass is 10.0. The SMILES string of the molecule is COc1cccc(CN2C(=O)[C@]3(SCCN3C(=O)c3ccccc3F)c3ccccc32)c1. The molecule has 3 aromatic carbocycles. The monoisotopic (exact) mass is 448 g/mol. The largest absolute Gasteiger partial charge is 0.497 e. The van der Waals surface area contributed by atoms with Gasteiger partial charge in [0.1, 0.15) is 11.6 Å². The molecule has 1 saturated heterocycles. The van der Waals surface area contributed by atoms with Crippen LogP contribution in [0.1, 0.15) is 21.5 Å². The molecule has 0 aliphatic carbocycles. The zero-order valence-corrected chi connectivity index (χ0v) is 18.3. The van der Waals surface area contributed by atoms with Gasteiger partial charge in [0.05, 0.1) is 24.9 Å². The van der Waals surface area contributed by atoms with Gasteiger partial charge in [0.25, 0.3) is 11.8 Å². The first-order chi connectivity index (χ1) is 15.6. The van der Waals surface area contributed by atoms with Crippen LogP contribution in [-0.4, -0.2) is 36.1 Å². The molecule has 32 heavy (non-hydrogen) atoms. The number of para-hydroxylation sites is 1. The molecule has 162 valence electrons. The van der Waals surface area contributed by atoms with Crippen LogP contribution in [0.2, 0.25) is 0 Å². The van der Waals surface area contributed by atoms with E-state index in [1.807, 2.05) is 48.5 Å². The summed E-state index contributed by atoms with van der Waals surface area (Å²) in [6.07, 6.45) is 0. The Morgan fingerprint density at radius 3 is 2.69 bits per heavy atom. The summed E-state index contributed by atoms with van der Waals surface area (Å²) >= 11 is 1.43. The van der Waals surface area contributed by atoms with E-state index in [0.717, 1.165) is 16.8 Å². The van der Waals surface area contributed by atoms with Gasteiger partial charge < -0.3 is 14.5 Å². The second kappa shape index (κ2) is 7.98. The van der Waals surface area contributed by atoms with Crippen molar-refractivity contribution in [2.24, 2.45) is 0 Å². The number of ether oxygens (including phenoxy) is 1. The second-order valence-electron chi connectivity index (χ2n) is 7.69. The summed E-state index contributed by atoms with van der Waals surface area (Å²) in [5.74, 6) is 0.0567. The van der Waals surface area contributed by atoms with Crippen molar-refractivity contribution >= 4 is 29.3 Å². The fraction of sp³-hybridized carbons (Fsp3) is 0.200. The first-order valence-corrected chi connectivity index (χ1v) is 11.3. The molecule has 0 unspecified atom stereocenters. The van der Waals surface area contributed by atoms with Crippen molar-refractivity contribution in [2.45, 2.75) is 11.4 Å². The van der Waals surface area contributed by atoms with Gasteiger partial charge in [-0.3, -0.25) is 9.59 Å². The Balaban J connectivity index is 1.57. The number of fused-ring (bicyclic) bond motifs is 2. The number of rotatable bonds is 4. The van der Waals surface area contributed by atoms with Gasteiger partial charge in [-0.05, 0) is 35.9 Å². The van der Waals surface area contributed by atoms with E-state index in [2.05, 4.69) is 0 Å². The molecule has 0 saturated carbocycles. The molecule has 1 spiro atoms. The van der Waals surface area contributed by atoms with Crippen LogP contribution in [0.5, 0.6) is 5.75 Å². The first kappa shape index (κ1) is 20.6. The maximum Gasteiger partial charge on any atom is 0.268 e. The van der Waals surface area contributed by atoms with E-state index < -0.39 is 16.6 Å². The number of methoxy groups -OCH3 is 1. The van der Waals surface area contributed by atoms with Crippen LogP contribution >= 0.6 is 11.8 Å². The number of hydrogen-bond donors (Lipinski definition) is 0. The molecule has 1 fully saturated rings. The Morgan fingerprint density at radius 2 is 1.88 bits per heavy atom. The van der Waals surface area contributed by atoms with Gasteiger partial charge in [0.2, 0.25) is 0 Å².